The summed E-state index contributed by atoms with van der Waals surface area (Å²) in [6, 6.07) is 11.3. The highest BCUT2D eigenvalue weighted by Crippen LogP contribution is 2.28. The Hall–Kier alpha value is -1.58. The Bertz CT molecular complexity index is 528. The van der Waals surface area contributed by atoms with Crippen molar-refractivity contribution in [3.05, 3.63) is 58.9 Å². The average molecular weight is 266 g/mol. The molecule has 1 N–H and O–H groups in total. The van der Waals surface area contributed by atoms with Crippen molar-refractivity contribution in [3.63, 3.8) is 0 Å². The Kier molecular flexibility index (Phi) is 4.18. The molecule has 0 atom stereocenters. The molecule has 0 bridgehead atoms. The first-order valence-electron chi connectivity index (χ1n) is 5.55. The lowest BCUT2D eigenvalue weighted by molar-refractivity contribution is 0.472. The van der Waals surface area contributed by atoms with Crippen LogP contribution in [0.15, 0.2) is 42.5 Å². The fraction of sp³-hybridized carbons (Fsp3) is 0.143. The van der Waals surface area contributed by atoms with Crippen LogP contribution in [0.5, 0.6) is 11.5 Å². The lowest BCUT2D eigenvalue weighted by Crippen LogP contribution is -2.06. The summed E-state index contributed by atoms with van der Waals surface area (Å²) < 4.78 is 18.5. The number of rotatable bonds is 4. The molecule has 0 spiro atoms. The van der Waals surface area contributed by atoms with E-state index in [-0.39, 0.29) is 5.82 Å². The van der Waals surface area contributed by atoms with Gasteiger partial charge in [0.05, 0.1) is 0 Å². The maximum absolute atomic E-state index is 12.8. The zero-order chi connectivity index (χ0) is 13.0. The van der Waals surface area contributed by atoms with E-state index in [1.807, 2.05) is 19.2 Å². The molecule has 0 heterocycles. The van der Waals surface area contributed by atoms with Crippen LogP contribution in [0.4, 0.5) is 4.39 Å². The normalized spacial score (nSPS) is 10.4. The summed E-state index contributed by atoms with van der Waals surface area (Å²) in [5, 5.41) is 3.66. The van der Waals surface area contributed by atoms with Gasteiger partial charge in [-0.2, -0.15) is 0 Å². The molecule has 2 rings (SSSR count). The van der Waals surface area contributed by atoms with E-state index in [0.29, 0.717) is 23.1 Å². The summed E-state index contributed by atoms with van der Waals surface area (Å²) >= 11 is 5.95. The monoisotopic (exact) mass is 265 g/mol. The molecule has 0 saturated heterocycles. The molecule has 2 aromatic carbocycles. The Labute approximate surface area is 110 Å². The van der Waals surface area contributed by atoms with Crippen molar-refractivity contribution >= 4 is 11.6 Å². The maximum atomic E-state index is 12.8. The Morgan fingerprint density at radius 1 is 1.17 bits per heavy atom. The van der Waals surface area contributed by atoms with E-state index < -0.39 is 0 Å². The van der Waals surface area contributed by atoms with Crippen LogP contribution in [0.2, 0.25) is 5.02 Å². The second kappa shape index (κ2) is 5.85. The van der Waals surface area contributed by atoms with Gasteiger partial charge in [-0.15, -0.1) is 0 Å². The summed E-state index contributed by atoms with van der Waals surface area (Å²) in [5.74, 6) is 0.961. The summed E-state index contributed by atoms with van der Waals surface area (Å²) in [5.41, 5.74) is 0.992. The van der Waals surface area contributed by atoms with Crippen LogP contribution >= 0.6 is 11.6 Å². The van der Waals surface area contributed by atoms with Crippen LogP contribution in [0.25, 0.3) is 0 Å². The summed E-state index contributed by atoms with van der Waals surface area (Å²) in [4.78, 5) is 0. The lowest BCUT2D eigenvalue weighted by Gasteiger charge is -2.11. The molecule has 0 aliphatic rings. The summed E-state index contributed by atoms with van der Waals surface area (Å²) in [6.45, 7) is 0.674. The zero-order valence-corrected chi connectivity index (χ0v) is 10.7. The molecular weight excluding hydrogens is 253 g/mol. The molecule has 2 nitrogen and oxygen atoms in total. The maximum Gasteiger partial charge on any atom is 0.133 e. The van der Waals surface area contributed by atoms with Crippen molar-refractivity contribution in [1.82, 2.24) is 5.32 Å². The second-order valence-corrected chi connectivity index (χ2v) is 4.27. The molecule has 0 aliphatic heterocycles. The molecule has 0 unspecified atom stereocenters. The fourth-order valence-electron chi connectivity index (χ4n) is 1.59. The van der Waals surface area contributed by atoms with Crippen LogP contribution in [-0.4, -0.2) is 7.05 Å². The average Bonchev–Trinajstić information content (AvgIpc) is 2.36. The third-order valence-electron chi connectivity index (χ3n) is 2.44. The van der Waals surface area contributed by atoms with E-state index in [9.17, 15) is 4.39 Å². The molecule has 0 amide bonds. The molecule has 0 fully saturated rings. The molecule has 0 radical (unpaired) electrons. The topological polar surface area (TPSA) is 21.3 Å². The first-order valence-corrected chi connectivity index (χ1v) is 5.93. The van der Waals surface area contributed by atoms with Crippen LogP contribution in [0.3, 0.4) is 0 Å². The van der Waals surface area contributed by atoms with Gasteiger partial charge in [-0.05, 0) is 43.4 Å². The SMILES string of the molecule is CNCc1ccc(Cl)cc1Oc1ccc(F)cc1. The number of benzene rings is 2. The largest absolute Gasteiger partial charge is 0.457 e. The standard InChI is InChI=1S/C14H13ClFNO/c1-17-9-10-2-3-11(15)8-14(10)18-13-6-4-12(16)5-7-13/h2-8,17H,9H2,1H3. The molecule has 18 heavy (non-hydrogen) atoms. The van der Waals surface area contributed by atoms with Gasteiger partial charge in [-0.3, -0.25) is 0 Å². The van der Waals surface area contributed by atoms with Crippen LogP contribution in [-0.2, 0) is 6.54 Å². The van der Waals surface area contributed by atoms with Gasteiger partial charge in [-0.1, -0.05) is 17.7 Å². The quantitative estimate of drug-likeness (QED) is 0.902. The van der Waals surface area contributed by atoms with Crippen molar-refractivity contribution in [3.8, 4) is 11.5 Å². The predicted octanol–water partition coefficient (Wildman–Crippen LogP) is 3.99. The highest BCUT2D eigenvalue weighted by atomic mass is 35.5. The van der Waals surface area contributed by atoms with Gasteiger partial charge in [0.25, 0.3) is 0 Å². The third-order valence-corrected chi connectivity index (χ3v) is 2.67. The third kappa shape index (κ3) is 3.22. The Balaban J connectivity index is 2.26. The van der Waals surface area contributed by atoms with Crippen molar-refractivity contribution in [2.45, 2.75) is 6.54 Å². The highest BCUT2D eigenvalue weighted by Gasteiger charge is 2.05. The van der Waals surface area contributed by atoms with Crippen LogP contribution in [0.1, 0.15) is 5.56 Å². The number of ether oxygens (including phenoxy) is 1. The minimum Gasteiger partial charge on any atom is -0.457 e. The van der Waals surface area contributed by atoms with E-state index in [4.69, 9.17) is 16.3 Å². The molecule has 0 aromatic heterocycles. The van der Waals surface area contributed by atoms with Gasteiger partial charge in [0.1, 0.15) is 17.3 Å². The molecule has 2 aromatic rings. The second-order valence-electron chi connectivity index (χ2n) is 3.84. The predicted molar refractivity (Wildman–Crippen MR) is 70.7 cm³/mol. The number of hydrogen-bond acceptors (Lipinski definition) is 2. The van der Waals surface area contributed by atoms with Crippen LogP contribution in [0, 0.1) is 5.82 Å². The highest BCUT2D eigenvalue weighted by molar-refractivity contribution is 6.30. The first-order chi connectivity index (χ1) is 8.69. The molecule has 0 aliphatic carbocycles. The van der Waals surface area contributed by atoms with Gasteiger partial charge in [0, 0.05) is 17.1 Å². The van der Waals surface area contributed by atoms with E-state index in [0.717, 1.165) is 5.56 Å². The lowest BCUT2D eigenvalue weighted by atomic mass is 10.2. The number of nitrogens with one attached hydrogen (secondary N) is 1. The van der Waals surface area contributed by atoms with Gasteiger partial charge in [-0.25, -0.2) is 4.39 Å². The van der Waals surface area contributed by atoms with Crippen LogP contribution < -0.4 is 10.1 Å². The molecule has 4 heteroatoms. The van der Waals surface area contributed by atoms with E-state index in [2.05, 4.69) is 5.32 Å². The van der Waals surface area contributed by atoms with Crippen molar-refractivity contribution in [1.29, 1.82) is 0 Å². The fourth-order valence-corrected chi connectivity index (χ4v) is 1.75. The first kappa shape index (κ1) is 12.9. The zero-order valence-electron chi connectivity index (χ0n) is 9.91. The minimum absolute atomic E-state index is 0.288. The molecule has 94 valence electrons. The van der Waals surface area contributed by atoms with Gasteiger partial charge in [0.15, 0.2) is 0 Å². The Morgan fingerprint density at radius 3 is 2.56 bits per heavy atom. The number of halogens is 2. The number of hydrogen-bond donors (Lipinski definition) is 1. The molecular formula is C14H13ClFNO. The van der Waals surface area contributed by atoms with E-state index in [1.165, 1.54) is 12.1 Å². The van der Waals surface area contributed by atoms with Gasteiger partial charge < -0.3 is 10.1 Å². The summed E-state index contributed by atoms with van der Waals surface area (Å²) in [6.07, 6.45) is 0. The van der Waals surface area contributed by atoms with Crippen molar-refractivity contribution < 1.29 is 9.13 Å². The van der Waals surface area contributed by atoms with Gasteiger partial charge >= 0.3 is 0 Å². The van der Waals surface area contributed by atoms with E-state index >= 15 is 0 Å². The van der Waals surface area contributed by atoms with E-state index in [1.54, 1.807) is 18.2 Å². The molecule has 0 saturated carbocycles. The van der Waals surface area contributed by atoms with Crippen molar-refractivity contribution in [2.24, 2.45) is 0 Å². The minimum atomic E-state index is -0.288. The summed E-state index contributed by atoms with van der Waals surface area (Å²) in [7, 11) is 1.86. The van der Waals surface area contributed by atoms with Gasteiger partial charge in [0.2, 0.25) is 0 Å². The van der Waals surface area contributed by atoms with Crippen molar-refractivity contribution in [2.75, 3.05) is 7.05 Å². The smallest absolute Gasteiger partial charge is 0.133 e. The Morgan fingerprint density at radius 2 is 1.89 bits per heavy atom.